The van der Waals surface area contributed by atoms with E-state index < -0.39 is 23.8 Å². The number of nitrogens with one attached hydrogen (secondary N) is 1. The Bertz CT molecular complexity index is 478. The van der Waals surface area contributed by atoms with Gasteiger partial charge in [0.1, 0.15) is 17.1 Å². The van der Waals surface area contributed by atoms with Gasteiger partial charge in [-0.15, -0.1) is 0 Å². The van der Waals surface area contributed by atoms with Gasteiger partial charge in [0.25, 0.3) is 5.91 Å². The summed E-state index contributed by atoms with van der Waals surface area (Å²) in [6.07, 6.45) is 0. The summed E-state index contributed by atoms with van der Waals surface area (Å²) < 4.78 is 10.3. The van der Waals surface area contributed by atoms with E-state index in [4.69, 9.17) is 14.6 Å². The van der Waals surface area contributed by atoms with Crippen molar-refractivity contribution in [2.24, 2.45) is 5.92 Å². The zero-order chi connectivity index (χ0) is 15.3. The fraction of sp³-hybridized carbons (Fsp3) is 0.429. The number of carbonyl (C=O) groups is 2. The van der Waals surface area contributed by atoms with E-state index in [0.29, 0.717) is 11.5 Å². The van der Waals surface area contributed by atoms with E-state index in [1.54, 1.807) is 25.1 Å². The third kappa shape index (κ3) is 3.40. The Hall–Kier alpha value is -2.24. The molecule has 0 aliphatic rings. The molecule has 1 rings (SSSR count). The predicted molar refractivity (Wildman–Crippen MR) is 73.3 cm³/mol. The molecule has 0 saturated carbocycles. The smallest absolute Gasteiger partial charge is 0.308 e. The number of aliphatic carboxylic acids is 1. The van der Waals surface area contributed by atoms with Gasteiger partial charge < -0.3 is 19.9 Å². The normalized spacial score (nSPS) is 13.2. The number of carboxylic acid groups (broad SMARTS) is 1. The van der Waals surface area contributed by atoms with Crippen molar-refractivity contribution in [3.8, 4) is 11.5 Å². The van der Waals surface area contributed by atoms with Crippen molar-refractivity contribution in [3.63, 3.8) is 0 Å². The number of benzene rings is 1. The van der Waals surface area contributed by atoms with Gasteiger partial charge in [0.15, 0.2) is 0 Å². The van der Waals surface area contributed by atoms with Gasteiger partial charge in [-0.1, -0.05) is 6.07 Å². The van der Waals surface area contributed by atoms with Crippen LogP contribution in [-0.4, -0.2) is 37.2 Å². The van der Waals surface area contributed by atoms with E-state index in [1.165, 1.54) is 21.1 Å². The van der Waals surface area contributed by atoms with Crippen LogP contribution in [0.5, 0.6) is 11.5 Å². The number of amides is 1. The molecule has 0 heterocycles. The zero-order valence-corrected chi connectivity index (χ0v) is 12.0. The van der Waals surface area contributed by atoms with E-state index >= 15 is 0 Å². The Morgan fingerprint density at radius 1 is 1.15 bits per heavy atom. The van der Waals surface area contributed by atoms with E-state index in [0.717, 1.165) is 0 Å². The molecule has 1 amide bonds. The number of hydrogen-bond acceptors (Lipinski definition) is 4. The van der Waals surface area contributed by atoms with E-state index in [9.17, 15) is 9.59 Å². The Balaban J connectivity index is 3.00. The monoisotopic (exact) mass is 281 g/mol. The lowest BCUT2D eigenvalue weighted by atomic mass is 10.0. The molecule has 6 heteroatoms. The first-order valence-electron chi connectivity index (χ1n) is 6.17. The largest absolute Gasteiger partial charge is 0.496 e. The molecule has 0 spiro atoms. The van der Waals surface area contributed by atoms with Crippen molar-refractivity contribution in [1.82, 2.24) is 5.32 Å². The molecular weight excluding hydrogens is 262 g/mol. The van der Waals surface area contributed by atoms with Crippen molar-refractivity contribution in [2.75, 3.05) is 14.2 Å². The molecule has 110 valence electrons. The average Bonchev–Trinajstić information content (AvgIpc) is 2.44. The lowest BCUT2D eigenvalue weighted by Crippen LogP contribution is -2.40. The molecule has 2 atom stereocenters. The SMILES string of the molecule is COc1cccc(OC)c1C(=O)NC(C)C(C)C(=O)O. The summed E-state index contributed by atoms with van der Waals surface area (Å²) in [5, 5.41) is 11.6. The van der Waals surface area contributed by atoms with Crippen molar-refractivity contribution in [1.29, 1.82) is 0 Å². The zero-order valence-electron chi connectivity index (χ0n) is 12.0. The first-order chi connectivity index (χ1) is 9.42. The quantitative estimate of drug-likeness (QED) is 0.826. The minimum absolute atomic E-state index is 0.252. The Kier molecular flexibility index (Phi) is 5.37. The number of methoxy groups -OCH3 is 2. The van der Waals surface area contributed by atoms with Crippen LogP contribution in [0.1, 0.15) is 24.2 Å². The average molecular weight is 281 g/mol. The summed E-state index contributed by atoms with van der Waals surface area (Å²) in [4.78, 5) is 23.2. The number of rotatable bonds is 6. The summed E-state index contributed by atoms with van der Waals surface area (Å²) in [6, 6.07) is 4.47. The summed E-state index contributed by atoms with van der Waals surface area (Å²) in [5.74, 6) is -1.35. The summed E-state index contributed by atoms with van der Waals surface area (Å²) in [7, 11) is 2.91. The second-order valence-electron chi connectivity index (χ2n) is 4.43. The summed E-state index contributed by atoms with van der Waals surface area (Å²) in [5.41, 5.74) is 0.252. The number of carbonyl (C=O) groups excluding carboxylic acids is 1. The first kappa shape index (κ1) is 15.8. The molecule has 1 aromatic carbocycles. The van der Waals surface area contributed by atoms with E-state index in [2.05, 4.69) is 5.32 Å². The molecule has 0 aliphatic carbocycles. The van der Waals surface area contributed by atoms with Crippen LogP contribution in [0.4, 0.5) is 0 Å². The van der Waals surface area contributed by atoms with Crippen LogP contribution in [0.2, 0.25) is 0 Å². The van der Waals surface area contributed by atoms with Gasteiger partial charge in [-0.25, -0.2) is 0 Å². The highest BCUT2D eigenvalue weighted by atomic mass is 16.5. The van der Waals surface area contributed by atoms with Crippen LogP contribution < -0.4 is 14.8 Å². The molecule has 0 radical (unpaired) electrons. The van der Waals surface area contributed by atoms with E-state index in [-0.39, 0.29) is 5.56 Å². The van der Waals surface area contributed by atoms with Gasteiger partial charge in [0.2, 0.25) is 0 Å². The highest BCUT2D eigenvalue weighted by molar-refractivity contribution is 6.00. The third-order valence-electron chi connectivity index (χ3n) is 3.15. The molecule has 0 aromatic heterocycles. The topological polar surface area (TPSA) is 84.9 Å². The van der Waals surface area contributed by atoms with Gasteiger partial charge in [0, 0.05) is 6.04 Å². The molecular formula is C14H19NO5. The summed E-state index contributed by atoms with van der Waals surface area (Å²) >= 11 is 0. The molecule has 1 aromatic rings. The van der Waals surface area contributed by atoms with Crippen LogP contribution >= 0.6 is 0 Å². The van der Waals surface area contributed by atoms with E-state index in [1.807, 2.05) is 0 Å². The fourth-order valence-corrected chi connectivity index (χ4v) is 1.69. The Labute approximate surface area is 117 Å². The molecule has 6 nitrogen and oxygen atoms in total. The van der Waals surface area contributed by atoms with Gasteiger partial charge >= 0.3 is 5.97 Å². The van der Waals surface area contributed by atoms with Crippen LogP contribution in [0.25, 0.3) is 0 Å². The molecule has 2 unspecified atom stereocenters. The van der Waals surface area contributed by atoms with Crippen LogP contribution in [0.3, 0.4) is 0 Å². The van der Waals surface area contributed by atoms with Gasteiger partial charge in [-0.2, -0.15) is 0 Å². The number of ether oxygens (including phenoxy) is 2. The lowest BCUT2D eigenvalue weighted by Gasteiger charge is -2.19. The maximum atomic E-state index is 12.3. The van der Waals surface area contributed by atoms with Crippen molar-refractivity contribution < 1.29 is 24.2 Å². The molecule has 0 aliphatic heterocycles. The maximum Gasteiger partial charge on any atom is 0.308 e. The van der Waals surface area contributed by atoms with Crippen molar-refractivity contribution >= 4 is 11.9 Å². The highest BCUT2D eigenvalue weighted by Gasteiger charge is 2.24. The highest BCUT2D eigenvalue weighted by Crippen LogP contribution is 2.28. The standard InChI is InChI=1S/C14H19NO5/c1-8(14(17)18)9(2)15-13(16)12-10(19-3)6-5-7-11(12)20-4/h5-9H,1-4H3,(H,15,16)(H,17,18). The predicted octanol–water partition coefficient (Wildman–Crippen LogP) is 1.54. The molecule has 2 N–H and O–H groups in total. The third-order valence-corrected chi connectivity index (χ3v) is 3.15. The minimum atomic E-state index is -0.968. The second kappa shape index (κ2) is 6.79. The van der Waals surface area contributed by atoms with Crippen LogP contribution in [0, 0.1) is 5.92 Å². The Morgan fingerprint density at radius 3 is 2.05 bits per heavy atom. The van der Waals surface area contributed by atoms with Crippen molar-refractivity contribution in [3.05, 3.63) is 23.8 Å². The van der Waals surface area contributed by atoms with Crippen LogP contribution in [0.15, 0.2) is 18.2 Å². The minimum Gasteiger partial charge on any atom is -0.496 e. The fourth-order valence-electron chi connectivity index (χ4n) is 1.69. The lowest BCUT2D eigenvalue weighted by molar-refractivity contribution is -0.141. The molecule has 0 bridgehead atoms. The first-order valence-corrected chi connectivity index (χ1v) is 6.17. The van der Waals surface area contributed by atoms with Crippen molar-refractivity contribution in [2.45, 2.75) is 19.9 Å². The molecule has 0 saturated heterocycles. The molecule has 0 fully saturated rings. The maximum absolute atomic E-state index is 12.3. The van der Waals surface area contributed by atoms with Gasteiger partial charge in [0.05, 0.1) is 20.1 Å². The second-order valence-corrected chi connectivity index (χ2v) is 4.43. The summed E-state index contributed by atoms with van der Waals surface area (Å²) in [6.45, 7) is 3.17. The van der Waals surface area contributed by atoms with Crippen LogP contribution in [-0.2, 0) is 4.79 Å². The number of hydrogen-bond donors (Lipinski definition) is 2. The van der Waals surface area contributed by atoms with Gasteiger partial charge in [-0.3, -0.25) is 9.59 Å². The molecule has 20 heavy (non-hydrogen) atoms. The van der Waals surface area contributed by atoms with Gasteiger partial charge in [-0.05, 0) is 26.0 Å². The Morgan fingerprint density at radius 2 is 1.65 bits per heavy atom. The number of carboxylic acids is 1.